The Labute approximate surface area is 154 Å². The number of carbonyl (C=O) groups is 2. The Morgan fingerprint density at radius 2 is 2.00 bits per heavy atom. The summed E-state index contributed by atoms with van der Waals surface area (Å²) in [4.78, 5) is 31.0. The summed E-state index contributed by atoms with van der Waals surface area (Å²) in [6.07, 6.45) is 2.53. The number of nitrogens with zero attached hydrogens (tertiary/aromatic N) is 3. The molecule has 142 valence electrons. The van der Waals surface area contributed by atoms with Crippen molar-refractivity contribution >= 4 is 17.5 Å². The van der Waals surface area contributed by atoms with Gasteiger partial charge in [0.2, 0.25) is 11.8 Å². The SMILES string of the molecule is CCC(CC)C(=O)N1CC[C@@]2(C1)CN(c1cccc(F)c1)C(=O)CN2C. The molecule has 2 saturated heterocycles. The number of likely N-dealkylation sites (tertiary alicyclic amines) is 1. The van der Waals surface area contributed by atoms with E-state index in [9.17, 15) is 14.0 Å². The maximum atomic E-state index is 13.6. The zero-order chi connectivity index (χ0) is 18.9. The molecule has 5 nitrogen and oxygen atoms in total. The van der Waals surface area contributed by atoms with Crippen LogP contribution in [0.15, 0.2) is 24.3 Å². The number of amides is 2. The number of hydrogen-bond acceptors (Lipinski definition) is 3. The Bertz CT molecular complexity index is 691. The van der Waals surface area contributed by atoms with Crippen molar-refractivity contribution in [2.45, 2.75) is 38.6 Å². The van der Waals surface area contributed by atoms with Crippen molar-refractivity contribution in [3.8, 4) is 0 Å². The lowest BCUT2D eigenvalue weighted by Crippen LogP contribution is -2.64. The molecule has 1 aromatic carbocycles. The van der Waals surface area contributed by atoms with E-state index in [0.717, 1.165) is 19.3 Å². The highest BCUT2D eigenvalue weighted by Gasteiger charge is 2.49. The van der Waals surface area contributed by atoms with Gasteiger partial charge in [0.15, 0.2) is 0 Å². The van der Waals surface area contributed by atoms with Crippen LogP contribution in [0.25, 0.3) is 0 Å². The van der Waals surface area contributed by atoms with Gasteiger partial charge in [0.05, 0.1) is 12.1 Å². The Balaban J connectivity index is 1.81. The van der Waals surface area contributed by atoms with Crippen LogP contribution in [-0.2, 0) is 9.59 Å². The fourth-order valence-corrected chi connectivity index (χ4v) is 4.22. The summed E-state index contributed by atoms with van der Waals surface area (Å²) in [6, 6.07) is 6.17. The third kappa shape index (κ3) is 3.34. The van der Waals surface area contributed by atoms with Crippen LogP contribution in [0.2, 0.25) is 0 Å². The maximum absolute atomic E-state index is 13.6. The summed E-state index contributed by atoms with van der Waals surface area (Å²) in [6.45, 7) is 6.20. The molecule has 0 unspecified atom stereocenters. The molecule has 2 aliphatic rings. The van der Waals surface area contributed by atoms with Gasteiger partial charge in [0.1, 0.15) is 5.82 Å². The summed E-state index contributed by atoms with van der Waals surface area (Å²) in [7, 11) is 1.95. The second kappa shape index (κ2) is 7.35. The predicted molar refractivity (Wildman–Crippen MR) is 99.4 cm³/mol. The molecule has 2 aliphatic heterocycles. The monoisotopic (exact) mass is 361 g/mol. The van der Waals surface area contributed by atoms with Crippen LogP contribution in [0.1, 0.15) is 33.1 Å². The van der Waals surface area contributed by atoms with Crippen LogP contribution in [0, 0.1) is 11.7 Å². The van der Waals surface area contributed by atoms with Gasteiger partial charge < -0.3 is 9.80 Å². The van der Waals surface area contributed by atoms with Gasteiger partial charge in [-0.1, -0.05) is 19.9 Å². The van der Waals surface area contributed by atoms with E-state index in [0.29, 0.717) is 25.3 Å². The first-order valence-corrected chi connectivity index (χ1v) is 9.46. The molecule has 2 amide bonds. The van der Waals surface area contributed by atoms with Crippen LogP contribution in [0.5, 0.6) is 0 Å². The zero-order valence-electron chi connectivity index (χ0n) is 15.9. The molecule has 2 fully saturated rings. The molecular formula is C20H28FN3O2. The Morgan fingerprint density at radius 1 is 1.27 bits per heavy atom. The average Bonchev–Trinajstić information content (AvgIpc) is 3.05. The summed E-state index contributed by atoms with van der Waals surface area (Å²) in [5.74, 6) is -0.0942. The zero-order valence-corrected chi connectivity index (χ0v) is 15.9. The van der Waals surface area contributed by atoms with Crippen molar-refractivity contribution in [3.05, 3.63) is 30.1 Å². The van der Waals surface area contributed by atoms with E-state index in [1.807, 2.05) is 11.9 Å². The van der Waals surface area contributed by atoms with Crippen molar-refractivity contribution < 1.29 is 14.0 Å². The van der Waals surface area contributed by atoms with Gasteiger partial charge in [-0.3, -0.25) is 14.5 Å². The molecule has 1 aromatic rings. The van der Waals surface area contributed by atoms with Gasteiger partial charge in [0.25, 0.3) is 0 Å². The molecule has 26 heavy (non-hydrogen) atoms. The minimum absolute atomic E-state index is 0.0338. The van der Waals surface area contributed by atoms with Gasteiger partial charge in [0, 0.05) is 31.2 Å². The third-order valence-electron chi connectivity index (χ3n) is 6.03. The molecule has 0 radical (unpaired) electrons. The number of likely N-dealkylation sites (N-methyl/N-ethyl adjacent to an activating group) is 1. The lowest BCUT2D eigenvalue weighted by atomic mass is 9.92. The van der Waals surface area contributed by atoms with Gasteiger partial charge >= 0.3 is 0 Å². The van der Waals surface area contributed by atoms with Gasteiger partial charge in [-0.15, -0.1) is 0 Å². The summed E-state index contributed by atoms with van der Waals surface area (Å²) < 4.78 is 13.6. The minimum Gasteiger partial charge on any atom is -0.340 e. The van der Waals surface area contributed by atoms with E-state index in [4.69, 9.17) is 0 Å². The first-order valence-electron chi connectivity index (χ1n) is 9.46. The molecular weight excluding hydrogens is 333 g/mol. The first-order chi connectivity index (χ1) is 12.4. The number of piperazine rings is 1. The Morgan fingerprint density at radius 3 is 2.65 bits per heavy atom. The molecule has 1 atom stereocenters. The standard InChI is InChI=1S/C20H28FN3O2/c1-4-15(5-2)19(26)23-10-9-20(13-23)14-24(18(25)12-22(20)3)17-8-6-7-16(21)11-17/h6-8,11,15H,4-5,9-10,12-14H2,1-3H3/t20-/m1/s1. The quantitative estimate of drug-likeness (QED) is 0.828. The first kappa shape index (κ1) is 18.8. The average molecular weight is 361 g/mol. The fraction of sp³-hybridized carbons (Fsp3) is 0.600. The molecule has 0 N–H and O–H groups in total. The summed E-state index contributed by atoms with van der Waals surface area (Å²) in [5.41, 5.74) is 0.328. The van der Waals surface area contributed by atoms with Crippen LogP contribution >= 0.6 is 0 Å². The fourth-order valence-electron chi connectivity index (χ4n) is 4.22. The number of anilines is 1. The number of carbonyl (C=O) groups excluding carboxylic acids is 2. The smallest absolute Gasteiger partial charge is 0.241 e. The molecule has 6 heteroatoms. The van der Waals surface area contributed by atoms with Crippen molar-refractivity contribution in [2.24, 2.45) is 5.92 Å². The van der Waals surface area contributed by atoms with Crippen molar-refractivity contribution in [1.29, 1.82) is 0 Å². The largest absolute Gasteiger partial charge is 0.340 e. The number of benzene rings is 1. The lowest BCUT2D eigenvalue weighted by Gasteiger charge is -2.46. The van der Waals surface area contributed by atoms with Crippen molar-refractivity contribution in [3.63, 3.8) is 0 Å². The Hall–Kier alpha value is -1.95. The number of halogens is 1. The highest BCUT2D eigenvalue weighted by molar-refractivity contribution is 5.96. The number of hydrogen-bond donors (Lipinski definition) is 0. The van der Waals surface area contributed by atoms with Gasteiger partial charge in [-0.25, -0.2) is 4.39 Å². The lowest BCUT2D eigenvalue weighted by molar-refractivity contribution is -0.135. The van der Waals surface area contributed by atoms with E-state index < -0.39 is 0 Å². The minimum atomic E-state index is -0.347. The molecule has 3 rings (SSSR count). The molecule has 2 heterocycles. The van der Waals surface area contributed by atoms with Crippen LogP contribution in [0.3, 0.4) is 0 Å². The van der Waals surface area contributed by atoms with Crippen LogP contribution in [0.4, 0.5) is 10.1 Å². The van der Waals surface area contributed by atoms with E-state index in [-0.39, 0.29) is 35.6 Å². The van der Waals surface area contributed by atoms with E-state index >= 15 is 0 Å². The van der Waals surface area contributed by atoms with Crippen molar-refractivity contribution in [2.75, 3.05) is 38.1 Å². The van der Waals surface area contributed by atoms with Gasteiger partial charge in [-0.05, 0) is 44.5 Å². The summed E-state index contributed by atoms with van der Waals surface area (Å²) in [5, 5.41) is 0. The van der Waals surface area contributed by atoms with Crippen LogP contribution < -0.4 is 4.90 Å². The van der Waals surface area contributed by atoms with Crippen LogP contribution in [-0.4, -0.2) is 60.4 Å². The molecule has 1 spiro atoms. The topological polar surface area (TPSA) is 43.9 Å². The number of rotatable bonds is 4. The second-order valence-electron chi connectivity index (χ2n) is 7.56. The molecule has 0 aliphatic carbocycles. The van der Waals surface area contributed by atoms with E-state index in [1.54, 1.807) is 17.0 Å². The highest BCUT2D eigenvalue weighted by Crippen LogP contribution is 2.34. The highest BCUT2D eigenvalue weighted by atomic mass is 19.1. The van der Waals surface area contributed by atoms with Crippen molar-refractivity contribution in [1.82, 2.24) is 9.80 Å². The normalized spacial score (nSPS) is 24.1. The maximum Gasteiger partial charge on any atom is 0.241 e. The summed E-state index contributed by atoms with van der Waals surface area (Å²) >= 11 is 0. The molecule has 0 aromatic heterocycles. The Kier molecular flexibility index (Phi) is 5.32. The second-order valence-corrected chi connectivity index (χ2v) is 7.56. The molecule has 0 bridgehead atoms. The van der Waals surface area contributed by atoms with E-state index in [2.05, 4.69) is 18.7 Å². The predicted octanol–water partition coefficient (Wildman–Crippen LogP) is 2.51. The van der Waals surface area contributed by atoms with E-state index in [1.165, 1.54) is 12.1 Å². The molecule has 0 saturated carbocycles. The van der Waals surface area contributed by atoms with Gasteiger partial charge in [-0.2, -0.15) is 0 Å². The third-order valence-corrected chi connectivity index (χ3v) is 6.03.